The Labute approximate surface area is 245 Å². The van der Waals surface area contributed by atoms with Gasteiger partial charge in [0.15, 0.2) is 0 Å². The zero-order valence-corrected chi connectivity index (χ0v) is 26.5. The lowest BCUT2D eigenvalue weighted by Crippen LogP contribution is -2.42. The summed E-state index contributed by atoms with van der Waals surface area (Å²) in [6.07, 6.45) is 0. The number of hydrogen-bond donors (Lipinski definition) is 0. The van der Waals surface area contributed by atoms with Crippen LogP contribution in [0.3, 0.4) is 0 Å². The van der Waals surface area contributed by atoms with Crippen LogP contribution in [0.4, 0.5) is 5.69 Å². The molecule has 208 valence electrons. The molecule has 0 aromatic heterocycles. The van der Waals surface area contributed by atoms with E-state index >= 15 is 0 Å². The highest BCUT2D eigenvalue weighted by Gasteiger charge is 2.40. The molecule has 4 aromatic carbocycles. The molecule has 0 N–H and O–H groups in total. The second-order valence-electron chi connectivity index (χ2n) is 13.6. The van der Waals surface area contributed by atoms with E-state index in [0.717, 1.165) is 11.5 Å². The highest BCUT2D eigenvalue weighted by atomic mass is 16.5. The fraction of sp³-hybridized carbons (Fsp3) is 0.333. The molecule has 2 nitrogen and oxygen atoms in total. The molecule has 3 aliphatic rings. The third kappa shape index (κ3) is 3.03. The van der Waals surface area contributed by atoms with Gasteiger partial charge in [-0.25, -0.2) is 0 Å². The highest BCUT2D eigenvalue weighted by Crippen LogP contribution is 2.55. The van der Waals surface area contributed by atoms with Crippen LogP contribution in [0.1, 0.15) is 80.5 Å². The number of ether oxygens (including phenoxy) is 1. The van der Waals surface area contributed by atoms with E-state index in [1.165, 1.54) is 88.5 Å². The zero-order valence-electron chi connectivity index (χ0n) is 26.5. The SMILES string of the molecule is CC1=c2c(C)c3c(c(C)c2Oc2c(C)c4c(c(C)c21)-c1ccccc1C(C)(C)N4C)=C(C)C(C)(C)c1ccccc1-3. The number of benzene rings is 4. The van der Waals surface area contributed by atoms with Gasteiger partial charge in [-0.05, 0) is 105 Å². The van der Waals surface area contributed by atoms with Crippen molar-refractivity contribution in [1.29, 1.82) is 0 Å². The molecule has 41 heavy (non-hydrogen) atoms. The van der Waals surface area contributed by atoms with Crippen LogP contribution in [0.2, 0.25) is 0 Å². The summed E-state index contributed by atoms with van der Waals surface area (Å²) in [5, 5.41) is 2.62. The summed E-state index contributed by atoms with van der Waals surface area (Å²) in [7, 11) is 2.24. The van der Waals surface area contributed by atoms with Gasteiger partial charge < -0.3 is 9.64 Å². The van der Waals surface area contributed by atoms with Crippen molar-refractivity contribution < 1.29 is 4.74 Å². The first-order valence-electron chi connectivity index (χ1n) is 15.0. The van der Waals surface area contributed by atoms with Gasteiger partial charge in [-0.15, -0.1) is 0 Å². The van der Waals surface area contributed by atoms with E-state index in [4.69, 9.17) is 4.74 Å². The van der Waals surface area contributed by atoms with Crippen molar-refractivity contribution in [3.63, 3.8) is 0 Å². The van der Waals surface area contributed by atoms with Gasteiger partial charge in [-0.1, -0.05) is 68.0 Å². The average molecular weight is 540 g/mol. The van der Waals surface area contributed by atoms with Crippen LogP contribution in [0.5, 0.6) is 11.5 Å². The molecule has 0 atom stereocenters. The maximum absolute atomic E-state index is 7.15. The first-order chi connectivity index (χ1) is 19.3. The molecule has 1 aliphatic carbocycles. The largest absolute Gasteiger partial charge is 0.455 e. The lowest BCUT2D eigenvalue weighted by atomic mass is 9.68. The monoisotopic (exact) mass is 539 g/mol. The molecule has 0 unspecified atom stereocenters. The van der Waals surface area contributed by atoms with Crippen LogP contribution in [0.15, 0.2) is 48.5 Å². The Kier molecular flexibility index (Phi) is 5.20. The van der Waals surface area contributed by atoms with Crippen LogP contribution in [0, 0.1) is 27.7 Å². The summed E-state index contributed by atoms with van der Waals surface area (Å²) in [6, 6.07) is 17.9. The molecule has 0 spiro atoms. The Morgan fingerprint density at radius 3 is 1.83 bits per heavy atom. The first kappa shape index (κ1) is 26.1. The Hall–Kier alpha value is -3.78. The number of nitrogens with zero attached hydrogens (tertiary/aromatic N) is 1. The number of rotatable bonds is 0. The predicted octanol–water partition coefficient (Wildman–Crippen LogP) is 8.73. The molecule has 0 radical (unpaired) electrons. The predicted molar refractivity (Wildman–Crippen MR) is 174 cm³/mol. The van der Waals surface area contributed by atoms with E-state index in [1.807, 2.05) is 0 Å². The normalized spacial score (nSPS) is 17.1. The standard InChI is InChI=1S/C39H41NO/c1-20-30-21(2)33-26-16-12-14-18-28(26)38(7,8)25(6)32(33)23(4)36(30)41-37-24(5)35-34(22(3)31(20)37)27-17-13-15-19-29(27)39(9,10)40(35)11/h12-19H,1-11H3. The molecule has 0 fully saturated rings. The molecule has 2 aliphatic heterocycles. The zero-order chi connectivity index (χ0) is 29.3. The van der Waals surface area contributed by atoms with Gasteiger partial charge >= 0.3 is 0 Å². The number of anilines is 1. The molecule has 0 bridgehead atoms. The molecule has 0 saturated heterocycles. The number of fused-ring (bicyclic) bond motifs is 8. The summed E-state index contributed by atoms with van der Waals surface area (Å²) >= 11 is 0. The van der Waals surface area contributed by atoms with Crippen molar-refractivity contribution in [2.45, 2.75) is 80.2 Å². The Balaban J connectivity index is 1.65. The molecule has 4 aromatic rings. The van der Waals surface area contributed by atoms with Crippen molar-refractivity contribution in [3.05, 3.63) is 97.9 Å². The fourth-order valence-corrected chi connectivity index (χ4v) is 8.32. The lowest BCUT2D eigenvalue weighted by Gasteiger charge is -2.46. The van der Waals surface area contributed by atoms with Gasteiger partial charge in [0.1, 0.15) is 11.5 Å². The van der Waals surface area contributed by atoms with Crippen molar-refractivity contribution in [2.24, 2.45) is 0 Å². The summed E-state index contributed by atoms with van der Waals surface area (Å²) in [6.45, 7) is 23.2. The van der Waals surface area contributed by atoms with E-state index in [-0.39, 0.29) is 11.0 Å². The van der Waals surface area contributed by atoms with Gasteiger partial charge in [0.2, 0.25) is 0 Å². The molecule has 2 heteroatoms. The summed E-state index contributed by atoms with van der Waals surface area (Å²) in [4.78, 5) is 2.46. The minimum atomic E-state index is -0.128. The van der Waals surface area contributed by atoms with Gasteiger partial charge in [0.25, 0.3) is 0 Å². The molecule has 0 amide bonds. The van der Waals surface area contributed by atoms with Crippen molar-refractivity contribution in [1.82, 2.24) is 0 Å². The van der Waals surface area contributed by atoms with Gasteiger partial charge in [-0.2, -0.15) is 0 Å². The third-order valence-corrected chi connectivity index (χ3v) is 11.0. The Bertz CT molecular complexity index is 1990. The highest BCUT2D eigenvalue weighted by molar-refractivity contribution is 5.96. The summed E-state index contributed by atoms with van der Waals surface area (Å²) < 4.78 is 7.15. The van der Waals surface area contributed by atoms with Gasteiger partial charge in [0.05, 0.1) is 11.2 Å². The maximum Gasteiger partial charge on any atom is 0.140 e. The topological polar surface area (TPSA) is 12.5 Å². The van der Waals surface area contributed by atoms with Crippen molar-refractivity contribution in [3.8, 4) is 33.8 Å². The number of hydrogen-bond acceptors (Lipinski definition) is 2. The fourth-order valence-electron chi connectivity index (χ4n) is 8.32. The van der Waals surface area contributed by atoms with Crippen LogP contribution in [-0.2, 0) is 11.0 Å². The minimum absolute atomic E-state index is 0.0480. The Morgan fingerprint density at radius 2 is 1.17 bits per heavy atom. The lowest BCUT2D eigenvalue weighted by molar-refractivity contribution is 0.459. The van der Waals surface area contributed by atoms with Gasteiger partial charge in [0, 0.05) is 39.9 Å². The van der Waals surface area contributed by atoms with E-state index in [1.54, 1.807) is 0 Å². The summed E-state index contributed by atoms with van der Waals surface area (Å²) in [5.41, 5.74) is 18.4. The Morgan fingerprint density at radius 1 is 0.585 bits per heavy atom. The van der Waals surface area contributed by atoms with E-state index in [0.29, 0.717) is 0 Å². The van der Waals surface area contributed by atoms with E-state index < -0.39 is 0 Å². The molecule has 0 saturated carbocycles. The molecular weight excluding hydrogens is 498 g/mol. The van der Waals surface area contributed by atoms with Crippen molar-refractivity contribution >= 4 is 16.8 Å². The second kappa shape index (κ2) is 8.16. The summed E-state index contributed by atoms with van der Waals surface area (Å²) in [5.74, 6) is 2.05. The molecular formula is C39H41NO. The van der Waals surface area contributed by atoms with Gasteiger partial charge in [-0.3, -0.25) is 0 Å². The quantitative estimate of drug-likeness (QED) is 0.222. The van der Waals surface area contributed by atoms with E-state index in [2.05, 4.69) is 130 Å². The first-order valence-corrected chi connectivity index (χ1v) is 15.0. The van der Waals surface area contributed by atoms with E-state index in [9.17, 15) is 0 Å². The average Bonchev–Trinajstić information content (AvgIpc) is 2.94. The van der Waals surface area contributed by atoms with Crippen LogP contribution >= 0.6 is 0 Å². The molecule has 2 heterocycles. The second-order valence-corrected chi connectivity index (χ2v) is 13.6. The smallest absolute Gasteiger partial charge is 0.140 e. The minimum Gasteiger partial charge on any atom is -0.455 e. The maximum atomic E-state index is 7.15. The molecule has 7 rings (SSSR count). The van der Waals surface area contributed by atoms with Crippen LogP contribution in [-0.4, -0.2) is 7.05 Å². The van der Waals surface area contributed by atoms with Crippen LogP contribution < -0.4 is 20.1 Å². The third-order valence-electron chi connectivity index (χ3n) is 11.0. The van der Waals surface area contributed by atoms with Crippen molar-refractivity contribution in [2.75, 3.05) is 11.9 Å². The van der Waals surface area contributed by atoms with Crippen LogP contribution in [0.25, 0.3) is 33.4 Å².